The summed E-state index contributed by atoms with van der Waals surface area (Å²) in [5.41, 5.74) is 1.07. The van der Waals surface area contributed by atoms with E-state index in [9.17, 15) is 19.2 Å². The van der Waals surface area contributed by atoms with Crippen molar-refractivity contribution in [3.8, 4) is 11.3 Å². The number of aromatic amines is 2. The van der Waals surface area contributed by atoms with Crippen molar-refractivity contribution in [1.82, 2.24) is 24.7 Å². The van der Waals surface area contributed by atoms with Gasteiger partial charge in [-0.15, -0.1) is 0 Å². The third-order valence-electron chi connectivity index (χ3n) is 5.45. The highest BCUT2D eigenvalue weighted by Crippen LogP contribution is 2.23. The lowest BCUT2D eigenvalue weighted by Gasteiger charge is -2.16. The molecule has 0 radical (unpaired) electrons. The van der Waals surface area contributed by atoms with E-state index in [1.54, 1.807) is 36.4 Å². The number of pyridine rings is 1. The van der Waals surface area contributed by atoms with E-state index in [0.717, 1.165) is 0 Å². The zero-order valence-electron chi connectivity index (χ0n) is 19.9. The Kier molecular flexibility index (Phi) is 6.46. The predicted molar refractivity (Wildman–Crippen MR) is 134 cm³/mol. The van der Waals surface area contributed by atoms with Crippen LogP contribution < -0.4 is 22.1 Å². The van der Waals surface area contributed by atoms with E-state index < -0.39 is 17.2 Å². The van der Waals surface area contributed by atoms with Gasteiger partial charge in [-0.2, -0.15) is 5.10 Å². The summed E-state index contributed by atoms with van der Waals surface area (Å²) in [5.74, 6) is -0.429. The standard InChI is InChI=1S/C25H26N6O4/c1-13(2)12-31-22-21(24(34)28-25(31)35)17(11-19(27-22)14(3)4)23(33)26-16-7-5-6-15(10-16)18-8-9-20(32)30-29-18/h5-11,13-14H,12H2,1-4H3,(H,26,33)(H,30,32)(H,28,34,35). The minimum atomic E-state index is -0.663. The normalized spacial score (nSPS) is 11.4. The van der Waals surface area contributed by atoms with E-state index in [4.69, 9.17) is 0 Å². The van der Waals surface area contributed by atoms with Crippen LogP contribution >= 0.6 is 0 Å². The van der Waals surface area contributed by atoms with E-state index in [-0.39, 0.29) is 34.0 Å². The largest absolute Gasteiger partial charge is 0.330 e. The first-order valence-electron chi connectivity index (χ1n) is 11.3. The second-order valence-electron chi connectivity index (χ2n) is 9.05. The molecule has 0 aliphatic rings. The molecule has 180 valence electrons. The van der Waals surface area contributed by atoms with Gasteiger partial charge in [0.2, 0.25) is 0 Å². The van der Waals surface area contributed by atoms with Gasteiger partial charge in [0.15, 0.2) is 5.65 Å². The van der Waals surface area contributed by atoms with Crippen molar-refractivity contribution >= 4 is 22.6 Å². The van der Waals surface area contributed by atoms with Crippen LogP contribution in [0.25, 0.3) is 22.3 Å². The van der Waals surface area contributed by atoms with Gasteiger partial charge >= 0.3 is 5.69 Å². The molecule has 0 aliphatic heterocycles. The lowest BCUT2D eigenvalue weighted by Crippen LogP contribution is -2.33. The molecule has 3 aromatic heterocycles. The Morgan fingerprint density at radius 1 is 1.06 bits per heavy atom. The molecule has 1 aromatic carbocycles. The van der Waals surface area contributed by atoms with Crippen LogP contribution in [-0.4, -0.2) is 30.6 Å². The average Bonchev–Trinajstić information content (AvgIpc) is 2.81. The first kappa shape index (κ1) is 23.8. The molecule has 10 heteroatoms. The van der Waals surface area contributed by atoms with Gasteiger partial charge in [0.05, 0.1) is 16.6 Å². The van der Waals surface area contributed by atoms with Crippen LogP contribution in [0.15, 0.2) is 56.8 Å². The van der Waals surface area contributed by atoms with Gasteiger partial charge in [0, 0.05) is 29.6 Å². The Labute approximate surface area is 200 Å². The van der Waals surface area contributed by atoms with Crippen molar-refractivity contribution in [2.45, 2.75) is 40.2 Å². The first-order chi connectivity index (χ1) is 16.6. The Morgan fingerprint density at radius 2 is 1.83 bits per heavy atom. The van der Waals surface area contributed by atoms with Crippen LogP contribution in [0.3, 0.4) is 0 Å². The molecule has 3 heterocycles. The molecule has 0 atom stereocenters. The maximum atomic E-state index is 13.4. The fraction of sp³-hybridized carbons (Fsp3) is 0.280. The fourth-order valence-corrected chi connectivity index (χ4v) is 3.76. The molecule has 0 aliphatic carbocycles. The number of H-pyrrole nitrogens is 2. The quantitative estimate of drug-likeness (QED) is 0.392. The van der Waals surface area contributed by atoms with Gasteiger partial charge in [-0.25, -0.2) is 14.9 Å². The number of carbonyl (C=O) groups is 1. The highest BCUT2D eigenvalue weighted by molar-refractivity contribution is 6.12. The van der Waals surface area contributed by atoms with Gasteiger partial charge in [0.25, 0.3) is 17.0 Å². The minimum absolute atomic E-state index is 0.0394. The number of hydrogen-bond acceptors (Lipinski definition) is 6. The molecule has 35 heavy (non-hydrogen) atoms. The SMILES string of the molecule is CC(C)Cn1c(=O)[nH]c(=O)c2c(C(=O)Nc3cccc(-c4ccc(=O)[nH]n4)c3)cc(C(C)C)nc21. The summed E-state index contributed by atoms with van der Waals surface area (Å²) >= 11 is 0. The Morgan fingerprint density at radius 3 is 2.49 bits per heavy atom. The average molecular weight is 475 g/mol. The summed E-state index contributed by atoms with van der Waals surface area (Å²) < 4.78 is 1.41. The summed E-state index contributed by atoms with van der Waals surface area (Å²) in [5, 5.41) is 9.29. The van der Waals surface area contributed by atoms with Crippen LogP contribution in [-0.2, 0) is 6.54 Å². The van der Waals surface area contributed by atoms with Gasteiger partial charge in [-0.1, -0.05) is 39.8 Å². The number of aromatic nitrogens is 5. The maximum absolute atomic E-state index is 13.4. The summed E-state index contributed by atoms with van der Waals surface area (Å²) in [6.45, 7) is 8.10. The number of rotatable bonds is 6. The second-order valence-corrected chi connectivity index (χ2v) is 9.05. The van der Waals surface area contributed by atoms with Crippen molar-refractivity contribution in [2.75, 3.05) is 5.32 Å². The number of hydrogen-bond donors (Lipinski definition) is 3. The highest BCUT2D eigenvalue weighted by Gasteiger charge is 2.21. The summed E-state index contributed by atoms with van der Waals surface area (Å²) in [6, 6.07) is 11.5. The monoisotopic (exact) mass is 474 g/mol. The molecule has 4 aromatic rings. The number of amides is 1. The van der Waals surface area contributed by atoms with E-state index in [0.29, 0.717) is 29.2 Å². The summed E-state index contributed by atoms with van der Waals surface area (Å²) in [6.07, 6.45) is 0. The third-order valence-corrected chi connectivity index (χ3v) is 5.45. The zero-order valence-corrected chi connectivity index (χ0v) is 19.9. The van der Waals surface area contributed by atoms with E-state index >= 15 is 0 Å². The van der Waals surface area contributed by atoms with Crippen LogP contribution in [0.1, 0.15) is 49.7 Å². The van der Waals surface area contributed by atoms with Crippen molar-refractivity contribution in [2.24, 2.45) is 5.92 Å². The maximum Gasteiger partial charge on any atom is 0.330 e. The van der Waals surface area contributed by atoms with Gasteiger partial charge in [-0.3, -0.25) is 23.9 Å². The first-order valence-corrected chi connectivity index (χ1v) is 11.3. The number of benzene rings is 1. The van der Waals surface area contributed by atoms with E-state index in [2.05, 4.69) is 25.5 Å². The molecule has 10 nitrogen and oxygen atoms in total. The molecular formula is C25H26N6O4. The smallest absolute Gasteiger partial charge is 0.322 e. The van der Waals surface area contributed by atoms with E-state index in [1.807, 2.05) is 27.7 Å². The molecule has 0 spiro atoms. The van der Waals surface area contributed by atoms with Crippen molar-refractivity contribution in [1.29, 1.82) is 0 Å². The number of carbonyl (C=O) groups excluding carboxylic acids is 1. The Hall–Kier alpha value is -4.34. The number of anilines is 1. The zero-order chi connectivity index (χ0) is 25.3. The van der Waals surface area contributed by atoms with E-state index in [1.165, 1.54) is 10.6 Å². The summed E-state index contributed by atoms with van der Waals surface area (Å²) in [4.78, 5) is 57.1. The third kappa shape index (κ3) is 4.96. The molecule has 3 N–H and O–H groups in total. The fourth-order valence-electron chi connectivity index (χ4n) is 3.76. The molecule has 0 saturated heterocycles. The van der Waals surface area contributed by atoms with Gasteiger partial charge < -0.3 is 5.32 Å². The van der Waals surface area contributed by atoms with Crippen molar-refractivity contribution in [3.05, 3.63) is 84.9 Å². The Bertz CT molecular complexity index is 1580. The summed E-state index contributed by atoms with van der Waals surface area (Å²) in [7, 11) is 0. The molecule has 0 bridgehead atoms. The van der Waals surface area contributed by atoms with Crippen LogP contribution in [0.4, 0.5) is 5.69 Å². The van der Waals surface area contributed by atoms with Crippen molar-refractivity contribution in [3.63, 3.8) is 0 Å². The molecule has 0 saturated carbocycles. The topological polar surface area (TPSA) is 143 Å². The number of nitrogens with zero attached hydrogens (tertiary/aromatic N) is 3. The van der Waals surface area contributed by atoms with Gasteiger partial charge in [0.1, 0.15) is 0 Å². The molecule has 4 rings (SSSR count). The van der Waals surface area contributed by atoms with Gasteiger partial charge in [-0.05, 0) is 36.1 Å². The second kappa shape index (κ2) is 9.49. The van der Waals surface area contributed by atoms with Crippen LogP contribution in [0.5, 0.6) is 0 Å². The molecular weight excluding hydrogens is 448 g/mol. The number of nitrogens with one attached hydrogen (secondary N) is 3. The molecule has 0 unspecified atom stereocenters. The van der Waals surface area contributed by atoms with Crippen molar-refractivity contribution < 1.29 is 4.79 Å². The highest BCUT2D eigenvalue weighted by atomic mass is 16.2. The molecule has 0 fully saturated rings. The molecule has 1 amide bonds. The minimum Gasteiger partial charge on any atom is -0.322 e. The van der Waals surface area contributed by atoms with Crippen LogP contribution in [0.2, 0.25) is 0 Å². The number of fused-ring (bicyclic) bond motifs is 1. The Balaban J connectivity index is 1.82. The lowest BCUT2D eigenvalue weighted by molar-refractivity contribution is 0.102. The van der Waals surface area contributed by atoms with Crippen LogP contribution in [0, 0.1) is 5.92 Å². The lowest BCUT2D eigenvalue weighted by atomic mass is 10.0. The predicted octanol–water partition coefficient (Wildman–Crippen LogP) is 2.87.